The van der Waals surface area contributed by atoms with E-state index in [4.69, 9.17) is 9.47 Å². The maximum absolute atomic E-state index is 13.3. The van der Waals surface area contributed by atoms with Gasteiger partial charge in [-0.05, 0) is 47.7 Å². The lowest BCUT2D eigenvalue weighted by atomic mass is 9.85. The highest BCUT2D eigenvalue weighted by Gasteiger charge is 2.39. The number of hydrazone groups is 1. The Morgan fingerprint density at radius 2 is 1.51 bits per heavy atom. The molecule has 0 aliphatic carbocycles. The first kappa shape index (κ1) is 27.4. The Morgan fingerprint density at radius 1 is 0.923 bits per heavy atom. The lowest BCUT2D eigenvalue weighted by Crippen LogP contribution is -2.43. The summed E-state index contributed by atoms with van der Waals surface area (Å²) in [6, 6.07) is 31.2. The molecule has 0 unspecified atom stereocenters. The standard InChI is InChI=1S/C33H32N2O4/c1-3-14-27-21-26(22-30(38-4-2)31(27)39-24-25-15-8-5-9-16-25)23-34-35-32(36)33(37,28-17-10-6-11-18-28)29-19-12-7-13-20-29/h3,5-13,15-23,37H,1,4,14,24H2,2H3,(H,35,36)/b34-23-. The first-order valence-corrected chi connectivity index (χ1v) is 12.8. The van der Waals surface area contributed by atoms with Crippen LogP contribution in [0, 0.1) is 0 Å². The number of nitrogens with zero attached hydrogens (tertiary/aromatic N) is 1. The maximum Gasteiger partial charge on any atom is 0.281 e. The highest BCUT2D eigenvalue weighted by atomic mass is 16.5. The number of carbonyl (C=O) groups excluding carboxylic acids is 1. The molecule has 198 valence electrons. The number of nitrogens with one attached hydrogen (secondary N) is 1. The molecule has 6 nitrogen and oxygen atoms in total. The molecule has 0 aliphatic rings. The zero-order valence-electron chi connectivity index (χ0n) is 21.9. The molecule has 1 amide bonds. The average molecular weight is 521 g/mol. The fourth-order valence-electron chi connectivity index (χ4n) is 4.26. The van der Waals surface area contributed by atoms with Gasteiger partial charge in [0.05, 0.1) is 12.8 Å². The van der Waals surface area contributed by atoms with Gasteiger partial charge in [0.25, 0.3) is 5.91 Å². The molecule has 0 radical (unpaired) electrons. The molecule has 4 aromatic carbocycles. The van der Waals surface area contributed by atoms with E-state index in [2.05, 4.69) is 17.1 Å². The van der Waals surface area contributed by atoms with E-state index < -0.39 is 11.5 Å². The number of amides is 1. The van der Waals surface area contributed by atoms with Crippen LogP contribution in [-0.2, 0) is 23.4 Å². The van der Waals surface area contributed by atoms with Crippen molar-refractivity contribution in [3.63, 3.8) is 0 Å². The van der Waals surface area contributed by atoms with Gasteiger partial charge in [-0.25, -0.2) is 5.43 Å². The second-order valence-electron chi connectivity index (χ2n) is 8.85. The molecule has 0 fully saturated rings. The van der Waals surface area contributed by atoms with E-state index in [0.29, 0.717) is 47.8 Å². The fraction of sp³-hybridized carbons (Fsp3) is 0.152. The summed E-state index contributed by atoms with van der Waals surface area (Å²) in [6.45, 7) is 6.63. The number of ether oxygens (including phenoxy) is 2. The van der Waals surface area contributed by atoms with Crippen LogP contribution in [0.4, 0.5) is 0 Å². The summed E-state index contributed by atoms with van der Waals surface area (Å²) in [5.41, 5.74) is 4.11. The molecule has 0 aromatic heterocycles. The van der Waals surface area contributed by atoms with Gasteiger partial charge in [0.2, 0.25) is 0 Å². The summed E-state index contributed by atoms with van der Waals surface area (Å²) in [5.74, 6) is 0.547. The van der Waals surface area contributed by atoms with E-state index in [1.807, 2.05) is 61.5 Å². The third-order valence-electron chi connectivity index (χ3n) is 6.14. The molecule has 0 heterocycles. The van der Waals surface area contributed by atoms with E-state index in [-0.39, 0.29) is 0 Å². The van der Waals surface area contributed by atoms with Crippen LogP contribution in [0.5, 0.6) is 11.5 Å². The van der Waals surface area contributed by atoms with Crippen LogP contribution >= 0.6 is 0 Å². The van der Waals surface area contributed by atoms with Gasteiger partial charge in [0.15, 0.2) is 17.1 Å². The molecule has 0 bridgehead atoms. The van der Waals surface area contributed by atoms with Crippen LogP contribution < -0.4 is 14.9 Å². The molecular weight excluding hydrogens is 488 g/mol. The van der Waals surface area contributed by atoms with Gasteiger partial charge >= 0.3 is 0 Å². The molecule has 39 heavy (non-hydrogen) atoms. The van der Waals surface area contributed by atoms with Crippen LogP contribution in [0.25, 0.3) is 0 Å². The van der Waals surface area contributed by atoms with Gasteiger partial charge in [-0.15, -0.1) is 6.58 Å². The Labute approximate surface area is 229 Å². The normalized spacial score (nSPS) is 11.2. The van der Waals surface area contributed by atoms with E-state index >= 15 is 0 Å². The first-order chi connectivity index (χ1) is 19.1. The third-order valence-corrected chi connectivity index (χ3v) is 6.14. The van der Waals surface area contributed by atoms with Crippen molar-refractivity contribution in [1.29, 1.82) is 0 Å². The number of rotatable bonds is 12. The summed E-state index contributed by atoms with van der Waals surface area (Å²) in [4.78, 5) is 13.3. The molecule has 0 spiro atoms. The van der Waals surface area contributed by atoms with Gasteiger partial charge in [0.1, 0.15) is 6.61 Å². The van der Waals surface area contributed by atoms with Crippen LogP contribution in [0.15, 0.2) is 121 Å². The van der Waals surface area contributed by atoms with Crippen LogP contribution in [0.3, 0.4) is 0 Å². The maximum atomic E-state index is 13.3. The SMILES string of the molecule is C=CCc1cc(/C=N\NC(=O)C(O)(c2ccccc2)c2ccccc2)cc(OCC)c1OCc1ccccc1. The number of allylic oxidation sites excluding steroid dienone is 1. The van der Waals surface area contributed by atoms with Crippen LogP contribution in [0.2, 0.25) is 0 Å². The minimum absolute atomic E-state index is 0.395. The quantitative estimate of drug-likeness (QED) is 0.141. The predicted octanol–water partition coefficient (Wildman–Crippen LogP) is 5.78. The summed E-state index contributed by atoms with van der Waals surface area (Å²) in [5, 5.41) is 15.8. The van der Waals surface area contributed by atoms with Crippen LogP contribution in [-0.4, -0.2) is 23.8 Å². The molecule has 4 rings (SSSR count). The van der Waals surface area contributed by atoms with Gasteiger partial charge in [0, 0.05) is 5.56 Å². The average Bonchev–Trinajstić information content (AvgIpc) is 2.98. The van der Waals surface area contributed by atoms with Crippen LogP contribution in [0.1, 0.15) is 34.7 Å². The van der Waals surface area contributed by atoms with Crippen molar-refractivity contribution in [2.45, 2.75) is 25.6 Å². The highest BCUT2D eigenvalue weighted by Crippen LogP contribution is 2.34. The van der Waals surface area contributed by atoms with E-state index in [1.165, 1.54) is 6.21 Å². The van der Waals surface area contributed by atoms with E-state index in [9.17, 15) is 9.90 Å². The smallest absolute Gasteiger partial charge is 0.281 e. The van der Waals surface area contributed by atoms with Crippen molar-refractivity contribution >= 4 is 12.1 Å². The number of benzene rings is 4. The van der Waals surface area contributed by atoms with Crippen molar-refractivity contribution < 1.29 is 19.4 Å². The highest BCUT2D eigenvalue weighted by molar-refractivity contribution is 5.91. The molecule has 4 aromatic rings. The predicted molar refractivity (Wildman–Crippen MR) is 154 cm³/mol. The number of carbonyl (C=O) groups is 1. The molecule has 2 N–H and O–H groups in total. The van der Waals surface area contributed by atoms with E-state index in [0.717, 1.165) is 11.1 Å². The van der Waals surface area contributed by atoms with Crippen molar-refractivity contribution in [1.82, 2.24) is 5.43 Å². The Hall–Kier alpha value is -4.68. The Balaban J connectivity index is 1.59. The molecule has 0 aliphatic heterocycles. The second kappa shape index (κ2) is 13.2. The third kappa shape index (κ3) is 6.61. The lowest BCUT2D eigenvalue weighted by Gasteiger charge is -2.27. The number of hydrogen-bond acceptors (Lipinski definition) is 5. The van der Waals surface area contributed by atoms with Gasteiger partial charge in [-0.1, -0.05) is 97.1 Å². The molecule has 0 atom stereocenters. The first-order valence-electron chi connectivity index (χ1n) is 12.8. The van der Waals surface area contributed by atoms with Gasteiger partial charge < -0.3 is 14.6 Å². The second-order valence-corrected chi connectivity index (χ2v) is 8.85. The van der Waals surface area contributed by atoms with Crippen molar-refractivity contribution in [2.75, 3.05) is 6.61 Å². The summed E-state index contributed by atoms with van der Waals surface area (Å²) < 4.78 is 12.1. The van der Waals surface area contributed by atoms with Crippen molar-refractivity contribution in [3.8, 4) is 11.5 Å². The monoisotopic (exact) mass is 520 g/mol. The summed E-state index contributed by atoms with van der Waals surface area (Å²) in [6.07, 6.45) is 3.87. The van der Waals surface area contributed by atoms with Gasteiger partial charge in [-0.2, -0.15) is 5.10 Å². The molecule has 0 saturated heterocycles. The minimum Gasteiger partial charge on any atom is -0.490 e. The minimum atomic E-state index is -1.92. The molecule has 6 heteroatoms. The Morgan fingerprint density at radius 3 is 2.08 bits per heavy atom. The molecular formula is C33H32N2O4. The van der Waals surface area contributed by atoms with Gasteiger partial charge in [-0.3, -0.25) is 4.79 Å². The Kier molecular flexibility index (Phi) is 9.27. The zero-order chi connectivity index (χ0) is 27.5. The summed E-state index contributed by atoms with van der Waals surface area (Å²) in [7, 11) is 0. The number of hydrogen-bond donors (Lipinski definition) is 2. The fourth-order valence-corrected chi connectivity index (χ4v) is 4.26. The van der Waals surface area contributed by atoms with Crippen molar-refractivity contribution in [2.24, 2.45) is 5.10 Å². The molecule has 0 saturated carbocycles. The number of aliphatic hydroxyl groups is 1. The largest absolute Gasteiger partial charge is 0.490 e. The zero-order valence-corrected chi connectivity index (χ0v) is 21.9. The lowest BCUT2D eigenvalue weighted by molar-refractivity contribution is -0.136. The van der Waals surface area contributed by atoms with E-state index in [1.54, 1.807) is 54.6 Å². The Bertz CT molecular complexity index is 1360. The topological polar surface area (TPSA) is 80.2 Å². The summed E-state index contributed by atoms with van der Waals surface area (Å²) >= 11 is 0. The van der Waals surface area contributed by atoms with Crippen molar-refractivity contribution in [3.05, 3.63) is 144 Å².